The van der Waals surface area contributed by atoms with Gasteiger partial charge in [0.1, 0.15) is 6.07 Å². The van der Waals surface area contributed by atoms with Gasteiger partial charge in [0.15, 0.2) is 0 Å². The van der Waals surface area contributed by atoms with Gasteiger partial charge in [-0.25, -0.2) is 0 Å². The maximum Gasteiger partial charge on any atom is 0.101 e. The molecule has 0 N–H and O–H groups in total. The van der Waals surface area contributed by atoms with Crippen molar-refractivity contribution in [3.8, 4) is 6.07 Å². The van der Waals surface area contributed by atoms with Crippen molar-refractivity contribution in [1.82, 2.24) is 0 Å². The minimum Gasteiger partial charge on any atom is -0.192 e. The van der Waals surface area contributed by atoms with Crippen molar-refractivity contribution in [2.45, 2.75) is 6.92 Å². The highest BCUT2D eigenvalue weighted by atomic mass is 32.1. The van der Waals surface area contributed by atoms with E-state index in [2.05, 4.69) is 37.3 Å². The molecule has 2 aromatic carbocycles. The average Bonchev–Trinajstić information content (AvgIpc) is 2.69. The molecule has 0 bridgehead atoms. The van der Waals surface area contributed by atoms with Crippen molar-refractivity contribution in [3.05, 3.63) is 47.5 Å². The first kappa shape index (κ1) is 9.38. The molecule has 2 heteroatoms. The monoisotopic (exact) mass is 223 g/mol. The molecule has 1 heterocycles. The largest absolute Gasteiger partial charge is 0.192 e. The quantitative estimate of drug-likeness (QED) is 0.559. The lowest BCUT2D eigenvalue weighted by Gasteiger charge is -1.94. The molecule has 0 fully saturated rings. The molecule has 0 saturated heterocycles. The van der Waals surface area contributed by atoms with Crippen LogP contribution in [0.25, 0.3) is 20.2 Å². The van der Waals surface area contributed by atoms with Gasteiger partial charge in [0, 0.05) is 15.5 Å². The van der Waals surface area contributed by atoms with Gasteiger partial charge in [0.2, 0.25) is 0 Å². The first-order chi connectivity index (χ1) is 7.81. The van der Waals surface area contributed by atoms with E-state index >= 15 is 0 Å². The zero-order chi connectivity index (χ0) is 11.1. The molecule has 0 atom stereocenters. The zero-order valence-corrected chi connectivity index (χ0v) is 9.64. The molecule has 0 aliphatic rings. The molecule has 76 valence electrons. The van der Waals surface area contributed by atoms with Crippen LogP contribution in [-0.2, 0) is 0 Å². The van der Waals surface area contributed by atoms with Crippen LogP contribution in [0.1, 0.15) is 11.1 Å². The van der Waals surface area contributed by atoms with E-state index in [-0.39, 0.29) is 0 Å². The van der Waals surface area contributed by atoms with Gasteiger partial charge >= 0.3 is 0 Å². The molecular weight excluding hydrogens is 214 g/mol. The fourth-order valence-electron chi connectivity index (χ4n) is 2.05. The zero-order valence-electron chi connectivity index (χ0n) is 8.82. The standard InChI is InChI=1S/C14H9NS/c1-9-4-2-6-11-12-7-3-5-10(8-15)14(12)16-13(9)11/h2-7H,1H3. The van der Waals surface area contributed by atoms with Crippen LogP contribution in [0, 0.1) is 18.3 Å². The maximum absolute atomic E-state index is 9.09. The number of fused-ring (bicyclic) bond motifs is 3. The van der Waals surface area contributed by atoms with E-state index in [1.165, 1.54) is 21.0 Å². The summed E-state index contributed by atoms with van der Waals surface area (Å²) in [5.41, 5.74) is 2.06. The summed E-state index contributed by atoms with van der Waals surface area (Å²) < 4.78 is 2.40. The maximum atomic E-state index is 9.09. The predicted molar refractivity (Wildman–Crippen MR) is 68.8 cm³/mol. The van der Waals surface area contributed by atoms with E-state index < -0.39 is 0 Å². The van der Waals surface area contributed by atoms with Crippen molar-refractivity contribution in [2.75, 3.05) is 0 Å². The van der Waals surface area contributed by atoms with Crippen molar-refractivity contribution in [3.63, 3.8) is 0 Å². The van der Waals surface area contributed by atoms with Crippen LogP contribution in [0.3, 0.4) is 0 Å². The molecule has 0 aliphatic heterocycles. The van der Waals surface area contributed by atoms with Gasteiger partial charge in [-0.05, 0) is 18.6 Å². The van der Waals surface area contributed by atoms with E-state index in [0.29, 0.717) is 0 Å². The first-order valence-corrected chi connectivity index (χ1v) is 5.94. The Morgan fingerprint density at radius 1 is 1.00 bits per heavy atom. The van der Waals surface area contributed by atoms with E-state index in [9.17, 15) is 0 Å². The molecule has 0 saturated carbocycles. The van der Waals surface area contributed by atoms with Gasteiger partial charge in [-0.2, -0.15) is 5.26 Å². The van der Waals surface area contributed by atoms with E-state index in [1.54, 1.807) is 11.3 Å². The smallest absolute Gasteiger partial charge is 0.101 e. The summed E-state index contributed by atoms with van der Waals surface area (Å²) in [6, 6.07) is 14.5. The summed E-state index contributed by atoms with van der Waals surface area (Å²) in [5, 5.41) is 11.5. The highest BCUT2D eigenvalue weighted by Crippen LogP contribution is 2.37. The second-order valence-electron chi connectivity index (χ2n) is 3.85. The summed E-state index contributed by atoms with van der Waals surface area (Å²) in [7, 11) is 0. The second kappa shape index (κ2) is 3.33. The summed E-state index contributed by atoms with van der Waals surface area (Å²) >= 11 is 1.72. The summed E-state index contributed by atoms with van der Waals surface area (Å²) in [4.78, 5) is 0. The Balaban J connectivity index is 2.61. The third-order valence-corrected chi connectivity index (χ3v) is 4.23. The Hall–Kier alpha value is -1.85. The van der Waals surface area contributed by atoms with Crippen molar-refractivity contribution in [1.29, 1.82) is 5.26 Å². The van der Waals surface area contributed by atoms with E-state index in [0.717, 1.165) is 10.3 Å². The van der Waals surface area contributed by atoms with Crippen molar-refractivity contribution < 1.29 is 0 Å². The summed E-state index contributed by atoms with van der Waals surface area (Å²) in [5.74, 6) is 0. The lowest BCUT2D eigenvalue weighted by Crippen LogP contribution is -1.73. The number of rotatable bonds is 0. The molecule has 16 heavy (non-hydrogen) atoms. The average molecular weight is 223 g/mol. The Bertz CT molecular complexity index is 731. The van der Waals surface area contributed by atoms with Crippen molar-refractivity contribution >= 4 is 31.5 Å². The molecular formula is C14H9NS. The van der Waals surface area contributed by atoms with Gasteiger partial charge in [-0.3, -0.25) is 0 Å². The molecule has 1 aromatic heterocycles. The minimum absolute atomic E-state index is 0.776. The van der Waals surface area contributed by atoms with E-state index in [4.69, 9.17) is 5.26 Å². The number of thiophene rings is 1. The third-order valence-electron chi connectivity index (χ3n) is 2.84. The number of hydrogen-bond donors (Lipinski definition) is 0. The molecule has 3 rings (SSSR count). The Morgan fingerprint density at radius 3 is 2.44 bits per heavy atom. The fraction of sp³-hybridized carbons (Fsp3) is 0.0714. The SMILES string of the molecule is Cc1cccc2c1sc1c(C#N)cccc12. The lowest BCUT2D eigenvalue weighted by molar-refractivity contribution is 1.51. The van der Waals surface area contributed by atoms with Crippen LogP contribution in [0.15, 0.2) is 36.4 Å². The topological polar surface area (TPSA) is 23.8 Å². The molecule has 0 aliphatic carbocycles. The Labute approximate surface area is 97.6 Å². The molecule has 0 radical (unpaired) electrons. The molecule has 1 nitrogen and oxygen atoms in total. The predicted octanol–water partition coefficient (Wildman–Crippen LogP) is 4.23. The molecule has 0 amide bonds. The number of benzene rings is 2. The number of nitrogens with zero attached hydrogens (tertiary/aromatic N) is 1. The van der Waals surface area contributed by atoms with E-state index in [1.807, 2.05) is 12.1 Å². The van der Waals surface area contributed by atoms with Gasteiger partial charge in [-0.15, -0.1) is 11.3 Å². The third kappa shape index (κ3) is 1.16. The highest BCUT2D eigenvalue weighted by Gasteiger charge is 2.09. The molecule has 0 spiro atoms. The van der Waals surface area contributed by atoms with Gasteiger partial charge in [-0.1, -0.05) is 30.3 Å². The molecule has 3 aromatic rings. The number of aryl methyl sites for hydroxylation is 1. The van der Waals surface area contributed by atoms with Gasteiger partial charge in [0.05, 0.1) is 10.3 Å². The fourth-order valence-corrected chi connectivity index (χ4v) is 3.28. The minimum atomic E-state index is 0.776. The normalized spacial score (nSPS) is 10.8. The Morgan fingerprint density at radius 2 is 1.69 bits per heavy atom. The number of nitriles is 1. The van der Waals surface area contributed by atoms with Crippen LogP contribution in [0.5, 0.6) is 0 Å². The van der Waals surface area contributed by atoms with Gasteiger partial charge in [0.25, 0.3) is 0 Å². The lowest BCUT2D eigenvalue weighted by atomic mass is 10.1. The van der Waals surface area contributed by atoms with Crippen LogP contribution < -0.4 is 0 Å². The molecule has 0 unspecified atom stereocenters. The number of hydrogen-bond acceptors (Lipinski definition) is 2. The van der Waals surface area contributed by atoms with Crippen molar-refractivity contribution in [2.24, 2.45) is 0 Å². The van der Waals surface area contributed by atoms with Crippen LogP contribution in [0.4, 0.5) is 0 Å². The van der Waals surface area contributed by atoms with Crippen LogP contribution in [-0.4, -0.2) is 0 Å². The summed E-state index contributed by atoms with van der Waals surface area (Å²) in [6.07, 6.45) is 0. The van der Waals surface area contributed by atoms with Crippen LogP contribution >= 0.6 is 11.3 Å². The second-order valence-corrected chi connectivity index (χ2v) is 4.87. The Kier molecular flexibility index (Phi) is 1.95. The van der Waals surface area contributed by atoms with Crippen LogP contribution in [0.2, 0.25) is 0 Å². The highest BCUT2D eigenvalue weighted by molar-refractivity contribution is 7.26. The van der Waals surface area contributed by atoms with Gasteiger partial charge < -0.3 is 0 Å². The summed E-state index contributed by atoms with van der Waals surface area (Å²) in [6.45, 7) is 2.11. The first-order valence-electron chi connectivity index (χ1n) is 5.12.